The molecule has 1 saturated heterocycles. The van der Waals surface area contributed by atoms with Crippen LogP contribution in [0.1, 0.15) is 42.7 Å². The second-order valence-electron chi connectivity index (χ2n) is 7.60. The normalized spacial score (nSPS) is 16.9. The molecule has 4 rings (SSSR count). The maximum absolute atomic E-state index is 12.6. The number of amides is 1. The van der Waals surface area contributed by atoms with E-state index in [2.05, 4.69) is 48.5 Å². The molecule has 1 heterocycles. The molecule has 1 amide bonds. The van der Waals surface area contributed by atoms with Crippen LogP contribution in [0.15, 0.2) is 48.5 Å². The van der Waals surface area contributed by atoms with Gasteiger partial charge in [-0.25, -0.2) is 4.79 Å². The molecule has 2 aliphatic rings. The lowest BCUT2D eigenvalue weighted by Gasteiger charge is -2.31. The topological polar surface area (TPSA) is 49.8 Å². The summed E-state index contributed by atoms with van der Waals surface area (Å²) in [6.07, 6.45) is 3.72. The number of rotatable bonds is 5. The van der Waals surface area contributed by atoms with Crippen LogP contribution in [0.4, 0.5) is 4.79 Å². The summed E-state index contributed by atoms with van der Waals surface area (Å²) in [5.74, 6) is 0.734. The average Bonchev–Trinajstić information content (AvgIpc) is 3.05. The maximum Gasteiger partial charge on any atom is 0.409 e. The van der Waals surface area contributed by atoms with Crippen molar-refractivity contribution in [1.82, 2.24) is 4.90 Å². The van der Waals surface area contributed by atoms with Gasteiger partial charge in [-0.15, -0.1) is 0 Å². The fraction of sp³-hybridized carbons (Fsp3) is 0.435. The Morgan fingerprint density at radius 1 is 1.00 bits per heavy atom. The van der Waals surface area contributed by atoms with Gasteiger partial charge in [0.1, 0.15) is 6.61 Å². The zero-order valence-corrected chi connectivity index (χ0v) is 15.6. The molecule has 0 bridgehead atoms. The van der Waals surface area contributed by atoms with E-state index in [4.69, 9.17) is 9.84 Å². The van der Waals surface area contributed by atoms with E-state index < -0.39 is 0 Å². The monoisotopic (exact) mass is 365 g/mol. The Kier molecular flexibility index (Phi) is 5.44. The van der Waals surface area contributed by atoms with Crippen LogP contribution < -0.4 is 0 Å². The van der Waals surface area contributed by atoms with Gasteiger partial charge in [0.05, 0.1) is 0 Å². The number of carbonyl (C=O) groups is 1. The molecule has 0 aromatic heterocycles. The zero-order valence-electron chi connectivity index (χ0n) is 15.6. The molecule has 4 heteroatoms. The van der Waals surface area contributed by atoms with Gasteiger partial charge < -0.3 is 14.7 Å². The van der Waals surface area contributed by atoms with Gasteiger partial charge in [-0.2, -0.15) is 0 Å². The van der Waals surface area contributed by atoms with Gasteiger partial charge in [-0.05, 0) is 53.9 Å². The Morgan fingerprint density at radius 3 is 2.19 bits per heavy atom. The number of likely N-dealkylation sites (tertiary alicyclic amines) is 1. The first kappa shape index (κ1) is 18.1. The van der Waals surface area contributed by atoms with Gasteiger partial charge in [-0.1, -0.05) is 48.5 Å². The lowest BCUT2D eigenvalue weighted by atomic mass is 9.92. The van der Waals surface area contributed by atoms with E-state index in [9.17, 15) is 4.79 Å². The van der Waals surface area contributed by atoms with E-state index in [1.54, 1.807) is 0 Å². The zero-order chi connectivity index (χ0) is 18.6. The predicted molar refractivity (Wildman–Crippen MR) is 106 cm³/mol. The number of benzene rings is 2. The molecule has 0 unspecified atom stereocenters. The Balaban J connectivity index is 1.37. The molecule has 0 atom stereocenters. The van der Waals surface area contributed by atoms with E-state index in [0.717, 1.165) is 38.8 Å². The summed E-state index contributed by atoms with van der Waals surface area (Å²) in [7, 11) is 0. The molecule has 4 nitrogen and oxygen atoms in total. The number of aliphatic hydroxyl groups excluding tert-OH is 1. The summed E-state index contributed by atoms with van der Waals surface area (Å²) in [6.45, 7) is 2.16. The van der Waals surface area contributed by atoms with Gasteiger partial charge in [0, 0.05) is 25.6 Å². The summed E-state index contributed by atoms with van der Waals surface area (Å²) < 4.78 is 5.74. The maximum atomic E-state index is 12.6. The minimum Gasteiger partial charge on any atom is -0.448 e. The first-order valence-corrected chi connectivity index (χ1v) is 9.98. The number of ether oxygens (including phenoxy) is 1. The minimum atomic E-state index is -0.197. The Hall–Kier alpha value is -2.33. The van der Waals surface area contributed by atoms with Gasteiger partial charge >= 0.3 is 6.09 Å². The highest BCUT2D eigenvalue weighted by atomic mass is 16.6. The number of carbonyl (C=O) groups excluding carboxylic acids is 1. The number of hydrogen-bond acceptors (Lipinski definition) is 3. The van der Waals surface area contributed by atoms with Crippen LogP contribution in [0.5, 0.6) is 0 Å². The number of piperidine rings is 1. The van der Waals surface area contributed by atoms with Crippen molar-refractivity contribution in [2.75, 3.05) is 26.3 Å². The van der Waals surface area contributed by atoms with Crippen LogP contribution >= 0.6 is 0 Å². The highest BCUT2D eigenvalue weighted by molar-refractivity contribution is 5.79. The van der Waals surface area contributed by atoms with Crippen molar-refractivity contribution >= 4 is 6.09 Å². The van der Waals surface area contributed by atoms with Crippen LogP contribution in [0, 0.1) is 5.92 Å². The first-order chi connectivity index (χ1) is 13.3. The largest absolute Gasteiger partial charge is 0.448 e. The number of nitrogens with zero attached hydrogens (tertiary/aromatic N) is 1. The summed E-state index contributed by atoms with van der Waals surface area (Å²) >= 11 is 0. The van der Waals surface area contributed by atoms with Gasteiger partial charge in [0.25, 0.3) is 0 Å². The van der Waals surface area contributed by atoms with Crippen molar-refractivity contribution in [1.29, 1.82) is 0 Å². The third-order valence-corrected chi connectivity index (χ3v) is 5.98. The van der Waals surface area contributed by atoms with Crippen molar-refractivity contribution in [3.05, 3.63) is 59.7 Å². The van der Waals surface area contributed by atoms with Crippen molar-refractivity contribution in [3.8, 4) is 11.1 Å². The third kappa shape index (κ3) is 3.72. The first-order valence-electron chi connectivity index (χ1n) is 9.98. The highest BCUT2D eigenvalue weighted by Gasteiger charge is 2.30. The average molecular weight is 365 g/mol. The lowest BCUT2D eigenvalue weighted by molar-refractivity contribution is 0.0839. The van der Waals surface area contributed by atoms with E-state index in [0.29, 0.717) is 12.5 Å². The molecule has 27 heavy (non-hydrogen) atoms. The summed E-state index contributed by atoms with van der Waals surface area (Å²) in [5, 5.41) is 8.97. The summed E-state index contributed by atoms with van der Waals surface area (Å²) in [6, 6.07) is 16.8. The quantitative estimate of drug-likeness (QED) is 0.853. The van der Waals surface area contributed by atoms with Crippen molar-refractivity contribution in [2.45, 2.75) is 31.6 Å². The van der Waals surface area contributed by atoms with Gasteiger partial charge in [0.2, 0.25) is 0 Å². The van der Waals surface area contributed by atoms with Crippen LogP contribution in [0.2, 0.25) is 0 Å². The Morgan fingerprint density at radius 2 is 1.59 bits per heavy atom. The fourth-order valence-electron chi connectivity index (χ4n) is 4.47. The lowest BCUT2D eigenvalue weighted by Crippen LogP contribution is -2.39. The van der Waals surface area contributed by atoms with E-state index >= 15 is 0 Å². The minimum absolute atomic E-state index is 0.114. The molecule has 1 aliphatic heterocycles. The molecule has 1 aliphatic carbocycles. The molecule has 0 saturated carbocycles. The van der Waals surface area contributed by atoms with Crippen molar-refractivity contribution < 1.29 is 14.6 Å². The molecule has 1 fully saturated rings. The van der Waals surface area contributed by atoms with Crippen molar-refractivity contribution in [3.63, 3.8) is 0 Å². The standard InChI is InChI=1S/C23H27NO3/c25-15-5-6-17-11-13-24(14-12-17)23(26)27-16-22-20-9-3-1-7-18(20)19-8-2-4-10-21(19)22/h1-4,7-10,17,22,25H,5-6,11-16H2. The van der Waals surface area contributed by atoms with Gasteiger partial charge in [0.15, 0.2) is 0 Å². The third-order valence-electron chi connectivity index (χ3n) is 5.98. The number of aliphatic hydroxyl groups is 1. The molecule has 0 radical (unpaired) electrons. The predicted octanol–water partition coefficient (Wildman–Crippen LogP) is 4.42. The molecular formula is C23H27NO3. The Bertz CT molecular complexity index is 750. The van der Waals surface area contributed by atoms with Crippen LogP contribution in [0.3, 0.4) is 0 Å². The number of fused-ring (bicyclic) bond motifs is 3. The van der Waals surface area contributed by atoms with Gasteiger partial charge in [-0.3, -0.25) is 0 Å². The summed E-state index contributed by atoms with van der Waals surface area (Å²) in [5.41, 5.74) is 4.99. The van der Waals surface area contributed by atoms with E-state index in [-0.39, 0.29) is 18.6 Å². The molecule has 142 valence electrons. The molecule has 2 aromatic rings. The summed E-state index contributed by atoms with van der Waals surface area (Å²) in [4.78, 5) is 14.4. The smallest absolute Gasteiger partial charge is 0.409 e. The Labute approximate surface area is 160 Å². The van der Waals surface area contributed by atoms with E-state index in [1.807, 2.05) is 4.90 Å². The van der Waals surface area contributed by atoms with E-state index in [1.165, 1.54) is 22.3 Å². The van der Waals surface area contributed by atoms with Crippen LogP contribution in [-0.2, 0) is 4.74 Å². The number of hydrogen-bond donors (Lipinski definition) is 1. The van der Waals surface area contributed by atoms with Crippen LogP contribution in [0.25, 0.3) is 11.1 Å². The van der Waals surface area contributed by atoms with Crippen molar-refractivity contribution in [2.24, 2.45) is 5.92 Å². The van der Waals surface area contributed by atoms with Crippen LogP contribution in [-0.4, -0.2) is 42.4 Å². The molecule has 2 aromatic carbocycles. The molecule has 0 spiro atoms. The SMILES string of the molecule is O=C(OCC1c2ccccc2-c2ccccc21)N1CCC(CCCO)CC1. The highest BCUT2D eigenvalue weighted by Crippen LogP contribution is 2.44. The fourth-order valence-corrected chi connectivity index (χ4v) is 4.47. The second-order valence-corrected chi connectivity index (χ2v) is 7.60. The molecule has 1 N–H and O–H groups in total. The second kappa shape index (κ2) is 8.13. The molecular weight excluding hydrogens is 338 g/mol.